The van der Waals surface area contributed by atoms with Gasteiger partial charge in [-0.2, -0.15) is 0 Å². The summed E-state index contributed by atoms with van der Waals surface area (Å²) in [6, 6.07) is 0. The molecular formula is C11H24N2O2. The normalized spacial score (nSPS) is 13.7. The van der Waals surface area contributed by atoms with E-state index in [0.717, 1.165) is 0 Å². The Hall–Kier alpha value is -0.610. The second-order valence-corrected chi connectivity index (χ2v) is 4.13. The van der Waals surface area contributed by atoms with E-state index < -0.39 is 5.60 Å². The molecule has 4 nitrogen and oxygen atoms in total. The van der Waals surface area contributed by atoms with Crippen molar-refractivity contribution in [2.24, 2.45) is 11.7 Å². The lowest BCUT2D eigenvalue weighted by molar-refractivity contribution is -0.126. The molecule has 0 aliphatic rings. The molecular weight excluding hydrogens is 192 g/mol. The van der Waals surface area contributed by atoms with Crippen molar-refractivity contribution >= 4 is 5.91 Å². The van der Waals surface area contributed by atoms with Gasteiger partial charge >= 0.3 is 0 Å². The van der Waals surface area contributed by atoms with Crippen LogP contribution in [0, 0.1) is 5.92 Å². The molecule has 0 bridgehead atoms. The number of nitrogens with one attached hydrogen (secondary N) is 1. The van der Waals surface area contributed by atoms with E-state index in [9.17, 15) is 9.90 Å². The molecule has 0 aliphatic heterocycles. The van der Waals surface area contributed by atoms with Crippen molar-refractivity contribution in [3.8, 4) is 0 Å². The standard InChI is InChI=1S/C11H24N2O2/c1-4-11(15,5-2)8-13-10(14)9(3)6-7-12/h9,15H,4-8,12H2,1-3H3,(H,13,14). The fourth-order valence-corrected chi connectivity index (χ4v) is 1.31. The van der Waals surface area contributed by atoms with E-state index in [1.54, 1.807) is 0 Å². The van der Waals surface area contributed by atoms with Gasteiger partial charge in [-0.05, 0) is 25.8 Å². The third-order valence-electron chi connectivity index (χ3n) is 2.96. The number of rotatable bonds is 7. The number of hydrogen-bond donors (Lipinski definition) is 3. The van der Waals surface area contributed by atoms with Crippen molar-refractivity contribution in [1.29, 1.82) is 0 Å². The van der Waals surface area contributed by atoms with Gasteiger partial charge in [0.15, 0.2) is 0 Å². The molecule has 0 aliphatic carbocycles. The van der Waals surface area contributed by atoms with Crippen LogP contribution in [0.15, 0.2) is 0 Å². The summed E-state index contributed by atoms with van der Waals surface area (Å²) in [5.74, 6) is -0.103. The predicted octanol–water partition coefficient (Wildman–Crippen LogP) is 0.639. The van der Waals surface area contributed by atoms with E-state index >= 15 is 0 Å². The summed E-state index contributed by atoms with van der Waals surface area (Å²) in [5.41, 5.74) is 4.61. The average Bonchev–Trinajstić information content (AvgIpc) is 2.25. The summed E-state index contributed by atoms with van der Waals surface area (Å²) in [6.45, 7) is 6.52. The Balaban J connectivity index is 3.98. The fourth-order valence-electron chi connectivity index (χ4n) is 1.31. The monoisotopic (exact) mass is 216 g/mol. The summed E-state index contributed by atoms with van der Waals surface area (Å²) in [7, 11) is 0. The van der Waals surface area contributed by atoms with E-state index in [4.69, 9.17) is 5.73 Å². The summed E-state index contributed by atoms with van der Waals surface area (Å²) >= 11 is 0. The van der Waals surface area contributed by atoms with Crippen LogP contribution < -0.4 is 11.1 Å². The number of nitrogens with two attached hydrogens (primary N) is 1. The van der Waals surface area contributed by atoms with Gasteiger partial charge in [-0.1, -0.05) is 20.8 Å². The summed E-state index contributed by atoms with van der Waals surface area (Å²) in [5, 5.41) is 12.7. The maximum Gasteiger partial charge on any atom is 0.222 e. The number of carbonyl (C=O) groups is 1. The van der Waals surface area contributed by atoms with E-state index in [1.165, 1.54) is 0 Å². The first-order valence-electron chi connectivity index (χ1n) is 5.69. The molecule has 1 amide bonds. The molecule has 1 atom stereocenters. The number of carbonyl (C=O) groups excluding carboxylic acids is 1. The van der Waals surface area contributed by atoms with Crippen LogP contribution in [0.5, 0.6) is 0 Å². The van der Waals surface area contributed by atoms with Gasteiger partial charge in [-0.15, -0.1) is 0 Å². The van der Waals surface area contributed by atoms with Gasteiger partial charge in [0.1, 0.15) is 0 Å². The second kappa shape index (κ2) is 6.80. The van der Waals surface area contributed by atoms with Crippen molar-refractivity contribution in [3.05, 3.63) is 0 Å². The third kappa shape index (κ3) is 5.14. The highest BCUT2D eigenvalue weighted by Crippen LogP contribution is 2.13. The molecule has 90 valence electrons. The topological polar surface area (TPSA) is 75.3 Å². The second-order valence-electron chi connectivity index (χ2n) is 4.13. The Morgan fingerprint density at radius 1 is 1.47 bits per heavy atom. The van der Waals surface area contributed by atoms with E-state index in [1.807, 2.05) is 20.8 Å². The number of aliphatic hydroxyl groups is 1. The number of amides is 1. The Morgan fingerprint density at radius 2 is 2.00 bits per heavy atom. The smallest absolute Gasteiger partial charge is 0.222 e. The van der Waals surface area contributed by atoms with Gasteiger partial charge in [-0.3, -0.25) is 4.79 Å². The zero-order chi connectivity index (χ0) is 11.9. The van der Waals surface area contributed by atoms with Crippen LogP contribution in [-0.4, -0.2) is 29.7 Å². The Labute approximate surface area is 92.2 Å². The Morgan fingerprint density at radius 3 is 2.40 bits per heavy atom. The molecule has 1 unspecified atom stereocenters. The minimum absolute atomic E-state index is 0.0271. The van der Waals surface area contributed by atoms with Gasteiger partial charge in [-0.25, -0.2) is 0 Å². The van der Waals surface area contributed by atoms with Gasteiger partial charge in [0, 0.05) is 12.5 Å². The van der Waals surface area contributed by atoms with Gasteiger partial charge in [0.25, 0.3) is 0 Å². The zero-order valence-corrected chi connectivity index (χ0v) is 10.0. The van der Waals surface area contributed by atoms with E-state index in [-0.39, 0.29) is 11.8 Å². The highest BCUT2D eigenvalue weighted by molar-refractivity contribution is 5.78. The molecule has 0 radical (unpaired) electrons. The molecule has 0 spiro atoms. The van der Waals surface area contributed by atoms with Crippen LogP contribution in [0.1, 0.15) is 40.0 Å². The first-order chi connectivity index (χ1) is 6.99. The summed E-state index contributed by atoms with van der Waals surface area (Å²) in [4.78, 5) is 11.5. The van der Waals surface area contributed by atoms with Crippen molar-refractivity contribution in [2.75, 3.05) is 13.1 Å². The van der Waals surface area contributed by atoms with Crippen LogP contribution in [0.4, 0.5) is 0 Å². The molecule has 0 saturated carbocycles. The largest absolute Gasteiger partial charge is 0.388 e. The highest BCUT2D eigenvalue weighted by Gasteiger charge is 2.23. The molecule has 0 fully saturated rings. The maximum absolute atomic E-state index is 11.5. The lowest BCUT2D eigenvalue weighted by Gasteiger charge is -2.26. The Bertz CT molecular complexity index is 191. The zero-order valence-electron chi connectivity index (χ0n) is 10.0. The molecule has 4 heteroatoms. The SMILES string of the molecule is CCC(O)(CC)CNC(=O)C(C)CCN. The van der Waals surface area contributed by atoms with Gasteiger partial charge in [0.05, 0.1) is 5.60 Å². The molecule has 0 heterocycles. The van der Waals surface area contributed by atoms with Gasteiger partial charge in [0.2, 0.25) is 5.91 Å². The fraction of sp³-hybridized carbons (Fsp3) is 0.909. The lowest BCUT2D eigenvalue weighted by Crippen LogP contribution is -2.43. The summed E-state index contributed by atoms with van der Waals surface area (Å²) < 4.78 is 0. The minimum Gasteiger partial charge on any atom is -0.388 e. The molecule has 15 heavy (non-hydrogen) atoms. The highest BCUT2D eigenvalue weighted by atomic mass is 16.3. The lowest BCUT2D eigenvalue weighted by atomic mass is 9.97. The Kier molecular flexibility index (Phi) is 6.52. The van der Waals surface area contributed by atoms with Gasteiger partial charge < -0.3 is 16.2 Å². The molecule has 4 N–H and O–H groups in total. The van der Waals surface area contributed by atoms with E-state index in [2.05, 4.69) is 5.32 Å². The van der Waals surface area contributed by atoms with Crippen molar-refractivity contribution < 1.29 is 9.90 Å². The maximum atomic E-state index is 11.5. The third-order valence-corrected chi connectivity index (χ3v) is 2.96. The average molecular weight is 216 g/mol. The molecule has 0 rings (SSSR count). The van der Waals surface area contributed by atoms with Crippen molar-refractivity contribution in [3.63, 3.8) is 0 Å². The molecule has 0 aromatic carbocycles. The van der Waals surface area contributed by atoms with Crippen LogP contribution >= 0.6 is 0 Å². The number of hydrogen-bond acceptors (Lipinski definition) is 3. The first-order valence-corrected chi connectivity index (χ1v) is 5.69. The first kappa shape index (κ1) is 14.4. The predicted molar refractivity (Wildman–Crippen MR) is 61.4 cm³/mol. The molecule has 0 aromatic heterocycles. The van der Waals surface area contributed by atoms with E-state index in [0.29, 0.717) is 32.4 Å². The van der Waals surface area contributed by atoms with Crippen molar-refractivity contribution in [1.82, 2.24) is 5.32 Å². The molecule has 0 saturated heterocycles. The minimum atomic E-state index is -0.766. The van der Waals surface area contributed by atoms with Crippen LogP contribution in [0.3, 0.4) is 0 Å². The van der Waals surface area contributed by atoms with Crippen LogP contribution in [0.2, 0.25) is 0 Å². The van der Waals surface area contributed by atoms with Crippen LogP contribution in [0.25, 0.3) is 0 Å². The summed E-state index contributed by atoms with van der Waals surface area (Å²) in [6.07, 6.45) is 1.98. The quantitative estimate of drug-likeness (QED) is 0.584. The van der Waals surface area contributed by atoms with Crippen LogP contribution in [-0.2, 0) is 4.79 Å². The van der Waals surface area contributed by atoms with Crippen molar-refractivity contribution in [2.45, 2.75) is 45.6 Å². The molecule has 0 aromatic rings.